The van der Waals surface area contributed by atoms with Gasteiger partial charge in [-0.15, -0.1) is 0 Å². The highest BCUT2D eigenvalue weighted by Gasteiger charge is 2.31. The Morgan fingerprint density at radius 3 is 2.79 bits per heavy atom. The number of nitrogens with zero attached hydrogens (tertiary/aromatic N) is 2. The van der Waals surface area contributed by atoms with Gasteiger partial charge >= 0.3 is 0 Å². The minimum Gasteiger partial charge on any atom is -0.395 e. The van der Waals surface area contributed by atoms with Gasteiger partial charge in [0.15, 0.2) is 9.84 Å². The molecule has 0 bridgehead atoms. The van der Waals surface area contributed by atoms with E-state index in [1.165, 1.54) is 0 Å². The summed E-state index contributed by atoms with van der Waals surface area (Å²) in [6.45, 7) is 5.20. The van der Waals surface area contributed by atoms with Crippen LogP contribution in [0.2, 0.25) is 0 Å². The number of aromatic nitrogens is 2. The van der Waals surface area contributed by atoms with Gasteiger partial charge in [-0.3, -0.25) is 4.68 Å². The second-order valence-corrected chi connectivity index (χ2v) is 7.28. The van der Waals surface area contributed by atoms with Gasteiger partial charge in [0, 0.05) is 24.3 Å². The van der Waals surface area contributed by atoms with Crippen molar-refractivity contribution in [2.24, 2.45) is 0 Å². The monoisotopic (exact) mass is 287 g/mol. The van der Waals surface area contributed by atoms with Crippen LogP contribution in [-0.2, 0) is 16.4 Å². The number of aryl methyl sites for hydroxylation is 1. The Labute approximate surface area is 113 Å². The molecule has 1 fully saturated rings. The number of aliphatic hydroxyl groups excluding tert-OH is 1. The molecule has 0 spiro atoms. The summed E-state index contributed by atoms with van der Waals surface area (Å²) in [4.78, 5) is 0. The van der Waals surface area contributed by atoms with E-state index in [2.05, 4.69) is 10.4 Å². The summed E-state index contributed by atoms with van der Waals surface area (Å²) in [5.74, 6) is 0.451. The zero-order valence-electron chi connectivity index (χ0n) is 11.4. The highest BCUT2D eigenvalue weighted by Crippen LogP contribution is 2.26. The minimum atomic E-state index is -2.89. The fraction of sp³-hybridized carbons (Fsp3) is 0.750. The van der Waals surface area contributed by atoms with Gasteiger partial charge in [0.2, 0.25) is 0 Å². The maximum Gasteiger partial charge on any atom is 0.152 e. The molecule has 0 saturated carbocycles. The van der Waals surface area contributed by atoms with E-state index >= 15 is 0 Å². The van der Waals surface area contributed by atoms with Crippen LogP contribution in [-0.4, -0.2) is 48.0 Å². The maximum atomic E-state index is 11.5. The SMILES string of the molecule is Cc1nn(C2CCS(=O)(=O)C2)c(C)c1CNCCO. The van der Waals surface area contributed by atoms with Crippen molar-refractivity contribution in [2.45, 2.75) is 32.9 Å². The smallest absolute Gasteiger partial charge is 0.152 e. The molecular formula is C12H21N3O3S. The molecule has 1 aliphatic heterocycles. The quantitative estimate of drug-likeness (QED) is 0.741. The summed E-state index contributed by atoms with van der Waals surface area (Å²) < 4.78 is 25.0. The molecular weight excluding hydrogens is 266 g/mol. The number of hydrogen-bond donors (Lipinski definition) is 2. The van der Waals surface area contributed by atoms with E-state index in [0.717, 1.165) is 17.0 Å². The van der Waals surface area contributed by atoms with Gasteiger partial charge in [-0.1, -0.05) is 0 Å². The number of rotatable bonds is 5. The molecule has 6 nitrogen and oxygen atoms in total. The molecule has 2 rings (SSSR count). The van der Waals surface area contributed by atoms with Crippen molar-refractivity contribution in [3.8, 4) is 0 Å². The molecule has 0 aromatic carbocycles. The molecule has 1 aliphatic rings. The van der Waals surface area contributed by atoms with Crippen molar-refractivity contribution in [1.82, 2.24) is 15.1 Å². The third-order valence-electron chi connectivity index (χ3n) is 3.62. The lowest BCUT2D eigenvalue weighted by Gasteiger charge is -2.11. The number of nitrogens with one attached hydrogen (secondary N) is 1. The van der Waals surface area contributed by atoms with Crippen molar-refractivity contribution in [2.75, 3.05) is 24.7 Å². The van der Waals surface area contributed by atoms with E-state index in [1.807, 2.05) is 18.5 Å². The van der Waals surface area contributed by atoms with E-state index in [9.17, 15) is 8.42 Å². The topological polar surface area (TPSA) is 84.2 Å². The van der Waals surface area contributed by atoms with Crippen LogP contribution in [0.15, 0.2) is 0 Å². The van der Waals surface area contributed by atoms with E-state index in [-0.39, 0.29) is 24.2 Å². The predicted molar refractivity (Wildman–Crippen MR) is 72.8 cm³/mol. The lowest BCUT2D eigenvalue weighted by atomic mass is 10.2. The first-order valence-electron chi connectivity index (χ1n) is 6.51. The van der Waals surface area contributed by atoms with Crippen LogP contribution >= 0.6 is 0 Å². The number of sulfone groups is 1. The van der Waals surface area contributed by atoms with Gasteiger partial charge in [-0.05, 0) is 20.3 Å². The summed E-state index contributed by atoms with van der Waals surface area (Å²) in [5.41, 5.74) is 3.04. The van der Waals surface area contributed by atoms with Gasteiger partial charge < -0.3 is 10.4 Å². The van der Waals surface area contributed by atoms with E-state index in [4.69, 9.17) is 5.11 Å². The molecule has 1 unspecified atom stereocenters. The zero-order valence-corrected chi connectivity index (χ0v) is 12.2. The van der Waals surface area contributed by atoms with E-state index in [1.54, 1.807) is 0 Å². The molecule has 2 heterocycles. The molecule has 1 saturated heterocycles. The fourth-order valence-electron chi connectivity index (χ4n) is 2.57. The minimum absolute atomic E-state index is 0.0321. The van der Waals surface area contributed by atoms with Gasteiger partial charge in [0.05, 0.1) is 29.8 Å². The first-order valence-corrected chi connectivity index (χ1v) is 8.33. The Balaban J connectivity index is 2.17. The summed E-state index contributed by atoms with van der Waals surface area (Å²) in [6.07, 6.45) is 0.647. The van der Waals surface area contributed by atoms with Crippen LogP contribution in [0.4, 0.5) is 0 Å². The molecule has 1 aromatic rings. The Morgan fingerprint density at radius 1 is 1.47 bits per heavy atom. The van der Waals surface area contributed by atoms with Crippen LogP contribution in [0.25, 0.3) is 0 Å². The first-order chi connectivity index (χ1) is 8.94. The summed E-state index contributed by atoms with van der Waals surface area (Å²) in [5, 5.41) is 16.4. The molecule has 7 heteroatoms. The fourth-order valence-corrected chi connectivity index (χ4v) is 4.26. The van der Waals surface area contributed by atoms with Crippen LogP contribution < -0.4 is 5.32 Å². The zero-order chi connectivity index (χ0) is 14.0. The van der Waals surface area contributed by atoms with Crippen molar-refractivity contribution in [3.05, 3.63) is 17.0 Å². The van der Waals surface area contributed by atoms with Gasteiger partial charge in [-0.2, -0.15) is 5.10 Å². The molecule has 1 aromatic heterocycles. The highest BCUT2D eigenvalue weighted by molar-refractivity contribution is 7.91. The average Bonchev–Trinajstić information content (AvgIpc) is 2.83. The number of hydrogen-bond acceptors (Lipinski definition) is 5. The summed E-state index contributed by atoms with van der Waals surface area (Å²) in [6, 6.07) is -0.0321. The standard InChI is InChI=1S/C12H21N3O3S/c1-9-12(7-13-4-5-16)10(2)15(14-9)11-3-6-19(17,18)8-11/h11,13,16H,3-8H2,1-2H3. The second-order valence-electron chi connectivity index (χ2n) is 5.05. The Bertz CT molecular complexity index is 551. The lowest BCUT2D eigenvalue weighted by molar-refractivity contribution is 0.292. The van der Waals surface area contributed by atoms with Crippen LogP contribution in [0.5, 0.6) is 0 Å². The Morgan fingerprint density at radius 2 is 2.21 bits per heavy atom. The molecule has 0 radical (unpaired) electrons. The normalized spacial score (nSPS) is 21.9. The van der Waals surface area contributed by atoms with Crippen LogP contribution in [0.1, 0.15) is 29.4 Å². The molecule has 0 aliphatic carbocycles. The highest BCUT2D eigenvalue weighted by atomic mass is 32.2. The summed E-state index contributed by atoms with van der Waals surface area (Å²) in [7, 11) is -2.89. The van der Waals surface area contributed by atoms with Gasteiger partial charge in [-0.25, -0.2) is 8.42 Å². The maximum absolute atomic E-state index is 11.5. The van der Waals surface area contributed by atoms with Gasteiger partial charge in [0.1, 0.15) is 0 Å². The largest absolute Gasteiger partial charge is 0.395 e. The molecule has 108 valence electrons. The predicted octanol–water partition coefficient (Wildman–Crippen LogP) is -0.0586. The van der Waals surface area contributed by atoms with Crippen molar-refractivity contribution in [3.63, 3.8) is 0 Å². The van der Waals surface area contributed by atoms with Crippen molar-refractivity contribution in [1.29, 1.82) is 0 Å². The van der Waals surface area contributed by atoms with E-state index < -0.39 is 9.84 Å². The third kappa shape index (κ3) is 3.16. The molecule has 19 heavy (non-hydrogen) atoms. The van der Waals surface area contributed by atoms with Gasteiger partial charge in [0.25, 0.3) is 0 Å². The molecule has 1 atom stereocenters. The van der Waals surface area contributed by atoms with Crippen molar-refractivity contribution >= 4 is 9.84 Å². The molecule has 2 N–H and O–H groups in total. The Kier molecular flexibility index (Phi) is 4.27. The first kappa shape index (κ1) is 14.5. The van der Waals surface area contributed by atoms with Crippen LogP contribution in [0.3, 0.4) is 0 Å². The van der Waals surface area contributed by atoms with Crippen LogP contribution in [0, 0.1) is 13.8 Å². The second kappa shape index (κ2) is 5.60. The number of aliphatic hydroxyl groups is 1. The average molecular weight is 287 g/mol. The molecule has 0 amide bonds. The Hall–Kier alpha value is -0.920. The third-order valence-corrected chi connectivity index (χ3v) is 5.37. The lowest BCUT2D eigenvalue weighted by Crippen LogP contribution is -2.19. The van der Waals surface area contributed by atoms with E-state index in [0.29, 0.717) is 19.5 Å². The van der Waals surface area contributed by atoms with Crippen molar-refractivity contribution < 1.29 is 13.5 Å². The summed E-state index contributed by atoms with van der Waals surface area (Å²) >= 11 is 0.